The molecule has 3 fully saturated rings. The third kappa shape index (κ3) is 7.57. The Morgan fingerprint density at radius 3 is 2.42 bits per heavy atom. The molecule has 4 aliphatic rings. The van der Waals surface area contributed by atoms with Crippen LogP contribution in [0.5, 0.6) is 0 Å². The molecule has 0 unspecified atom stereocenters. The second-order valence-corrected chi connectivity index (χ2v) is 16.5. The molecule has 0 bridgehead atoms. The third-order valence-corrected chi connectivity index (χ3v) is 13.2. The van der Waals surface area contributed by atoms with Gasteiger partial charge in [-0.15, -0.1) is 0 Å². The fourth-order valence-electron chi connectivity index (χ4n) is 10.6. The van der Waals surface area contributed by atoms with Crippen molar-refractivity contribution in [2.24, 2.45) is 46.3 Å². The lowest BCUT2D eigenvalue weighted by atomic mass is 9.47. The van der Waals surface area contributed by atoms with E-state index in [0.717, 1.165) is 79.7 Å². The minimum atomic E-state index is -0.247. The van der Waals surface area contributed by atoms with Gasteiger partial charge in [0.1, 0.15) is 6.10 Å². The lowest BCUT2D eigenvalue weighted by Gasteiger charge is -2.58. The summed E-state index contributed by atoms with van der Waals surface area (Å²) in [5.41, 5.74) is 3.62. The highest BCUT2D eigenvalue weighted by Gasteiger charge is 2.59. The fourth-order valence-corrected chi connectivity index (χ4v) is 10.6. The molecule has 1 amide bonds. The first-order valence-corrected chi connectivity index (χ1v) is 18.9. The van der Waals surface area contributed by atoms with Gasteiger partial charge >= 0.3 is 5.97 Å². The number of anilines is 1. The van der Waals surface area contributed by atoms with Crippen LogP contribution in [0.3, 0.4) is 0 Å². The zero-order valence-electron chi connectivity index (χ0n) is 29.5. The molecule has 4 nitrogen and oxygen atoms in total. The van der Waals surface area contributed by atoms with Crippen LogP contribution >= 0.6 is 0 Å². The smallest absolute Gasteiger partial charge is 0.338 e. The maximum Gasteiger partial charge on any atom is 0.338 e. The van der Waals surface area contributed by atoms with Crippen LogP contribution in [-0.2, 0) is 9.53 Å². The molecule has 0 saturated heterocycles. The van der Waals surface area contributed by atoms with E-state index in [9.17, 15) is 9.59 Å². The number of carbonyl (C=O) groups excluding carboxylic acids is 2. The first-order valence-electron chi connectivity index (χ1n) is 18.9. The van der Waals surface area contributed by atoms with Crippen molar-refractivity contribution in [1.29, 1.82) is 0 Å². The lowest BCUT2D eigenvalue weighted by molar-refractivity contribution is -0.116. The standard InChI is InChI=1S/C41H63NO3/c1-7-8-9-10-14-38(43)42-32-18-15-30(16-19-32)39(44)45-33-23-25-40(5)31(27-33)17-20-34-36-22-21-35(29(4)13-11-12-28(2)3)41(36,6)26-24-37(34)40/h15-19,28-29,33-37H,7-14,20-27H2,1-6H3,(H,42,43)/t29-,33+,34+,35-,36+,37+,40+,41-/m1/s1. The Morgan fingerprint density at radius 2 is 1.69 bits per heavy atom. The van der Waals surface area contributed by atoms with E-state index < -0.39 is 0 Å². The van der Waals surface area contributed by atoms with Gasteiger partial charge in [0, 0.05) is 18.5 Å². The number of fused-ring (bicyclic) bond motifs is 5. The molecule has 0 aromatic heterocycles. The van der Waals surface area contributed by atoms with Crippen LogP contribution in [-0.4, -0.2) is 18.0 Å². The van der Waals surface area contributed by atoms with E-state index in [4.69, 9.17) is 4.74 Å². The van der Waals surface area contributed by atoms with Crippen molar-refractivity contribution in [3.63, 3.8) is 0 Å². The number of rotatable bonds is 13. The molecule has 5 rings (SSSR count). The number of unbranched alkanes of at least 4 members (excludes halogenated alkanes) is 3. The van der Waals surface area contributed by atoms with Gasteiger partial charge in [-0.05, 0) is 122 Å². The molecular weight excluding hydrogens is 554 g/mol. The summed E-state index contributed by atoms with van der Waals surface area (Å²) in [6.07, 6.45) is 21.4. The number of carbonyl (C=O) groups is 2. The van der Waals surface area contributed by atoms with Crippen LogP contribution in [0.4, 0.5) is 5.69 Å². The molecule has 1 aromatic rings. The average Bonchev–Trinajstić information content (AvgIpc) is 3.37. The molecule has 1 N–H and O–H groups in total. The van der Waals surface area contributed by atoms with Crippen LogP contribution < -0.4 is 5.32 Å². The number of nitrogens with one attached hydrogen (secondary N) is 1. The van der Waals surface area contributed by atoms with Crippen molar-refractivity contribution in [3.05, 3.63) is 41.5 Å². The summed E-state index contributed by atoms with van der Waals surface area (Å²) in [4.78, 5) is 25.4. The van der Waals surface area contributed by atoms with Gasteiger partial charge in [0.2, 0.25) is 5.91 Å². The van der Waals surface area contributed by atoms with Crippen molar-refractivity contribution in [3.8, 4) is 0 Å². The highest BCUT2D eigenvalue weighted by molar-refractivity contribution is 5.93. The Balaban J connectivity index is 1.15. The Morgan fingerprint density at radius 1 is 0.911 bits per heavy atom. The number of benzene rings is 1. The summed E-state index contributed by atoms with van der Waals surface area (Å²) in [5, 5.41) is 2.96. The molecule has 3 saturated carbocycles. The number of hydrogen-bond acceptors (Lipinski definition) is 3. The predicted octanol–water partition coefficient (Wildman–Crippen LogP) is 11.2. The largest absolute Gasteiger partial charge is 0.458 e. The number of ether oxygens (including phenoxy) is 1. The molecule has 4 aliphatic carbocycles. The monoisotopic (exact) mass is 617 g/mol. The van der Waals surface area contributed by atoms with E-state index in [0.29, 0.717) is 17.4 Å². The molecule has 250 valence electrons. The zero-order valence-corrected chi connectivity index (χ0v) is 29.5. The van der Waals surface area contributed by atoms with Gasteiger partial charge in [0.15, 0.2) is 0 Å². The molecule has 0 heterocycles. The number of hydrogen-bond donors (Lipinski definition) is 1. The van der Waals surface area contributed by atoms with Crippen LogP contribution in [0.15, 0.2) is 35.9 Å². The maximum absolute atomic E-state index is 13.1. The number of amides is 1. The Hall–Kier alpha value is -2.10. The maximum atomic E-state index is 13.1. The Kier molecular flexibility index (Phi) is 11.2. The number of esters is 1. The molecule has 4 heteroatoms. The second kappa shape index (κ2) is 14.8. The second-order valence-electron chi connectivity index (χ2n) is 16.5. The minimum Gasteiger partial charge on any atom is -0.458 e. The van der Waals surface area contributed by atoms with E-state index in [1.54, 1.807) is 17.7 Å². The highest BCUT2D eigenvalue weighted by atomic mass is 16.5. The summed E-state index contributed by atoms with van der Waals surface area (Å²) in [5.74, 6) is 4.81. The molecule has 45 heavy (non-hydrogen) atoms. The van der Waals surface area contributed by atoms with Crippen LogP contribution in [0.25, 0.3) is 0 Å². The van der Waals surface area contributed by atoms with Gasteiger partial charge in [-0.1, -0.05) is 91.7 Å². The topological polar surface area (TPSA) is 55.4 Å². The van der Waals surface area contributed by atoms with E-state index in [-0.39, 0.29) is 23.4 Å². The van der Waals surface area contributed by atoms with Crippen molar-refractivity contribution < 1.29 is 14.3 Å². The quantitative estimate of drug-likeness (QED) is 0.136. The SMILES string of the molecule is CCCCCCC(=O)Nc1ccc(C(=O)O[C@H]2CC[C@@]3(C)C(=CC[C@H]4[C@@H]5CC[C@H]([C@H](C)CCCC(C)C)[C@@]5(C)CC[C@@H]43)C2)cc1. The van der Waals surface area contributed by atoms with Crippen LogP contribution in [0.1, 0.15) is 155 Å². The molecule has 0 aliphatic heterocycles. The van der Waals surface area contributed by atoms with E-state index in [1.807, 2.05) is 12.1 Å². The van der Waals surface area contributed by atoms with Gasteiger partial charge in [0.05, 0.1) is 5.56 Å². The van der Waals surface area contributed by atoms with E-state index >= 15 is 0 Å². The molecular formula is C41H63NO3. The predicted molar refractivity (Wildman–Crippen MR) is 186 cm³/mol. The molecule has 0 spiro atoms. The van der Waals surface area contributed by atoms with Gasteiger partial charge in [-0.2, -0.15) is 0 Å². The Bertz CT molecular complexity index is 1190. The summed E-state index contributed by atoms with van der Waals surface area (Å²) in [6.45, 7) is 14.7. The minimum absolute atomic E-state index is 0.0386. The average molecular weight is 618 g/mol. The normalized spacial score (nSPS) is 33.0. The molecule has 0 radical (unpaired) electrons. The first-order chi connectivity index (χ1) is 21.5. The Labute approximate surface area is 274 Å². The van der Waals surface area contributed by atoms with Gasteiger partial charge in [-0.3, -0.25) is 4.79 Å². The van der Waals surface area contributed by atoms with Crippen LogP contribution in [0.2, 0.25) is 0 Å². The molecule has 8 atom stereocenters. The molecule has 1 aromatic carbocycles. The fraction of sp³-hybridized carbons (Fsp3) is 0.756. The lowest BCUT2D eigenvalue weighted by Crippen LogP contribution is -2.51. The van der Waals surface area contributed by atoms with Crippen molar-refractivity contribution in [1.82, 2.24) is 0 Å². The zero-order chi connectivity index (χ0) is 32.2. The van der Waals surface area contributed by atoms with Crippen LogP contribution in [0, 0.1) is 46.3 Å². The summed E-state index contributed by atoms with van der Waals surface area (Å²) in [6, 6.07) is 7.20. The van der Waals surface area contributed by atoms with Gasteiger partial charge in [-0.25, -0.2) is 4.79 Å². The van der Waals surface area contributed by atoms with Crippen molar-refractivity contribution in [2.75, 3.05) is 5.32 Å². The summed E-state index contributed by atoms with van der Waals surface area (Å²) < 4.78 is 6.11. The first kappa shape index (κ1) is 34.2. The van der Waals surface area contributed by atoms with E-state index in [2.05, 4.69) is 52.9 Å². The van der Waals surface area contributed by atoms with Crippen molar-refractivity contribution >= 4 is 17.6 Å². The summed E-state index contributed by atoms with van der Waals surface area (Å²) >= 11 is 0. The van der Waals surface area contributed by atoms with Crippen molar-refractivity contribution in [2.45, 2.75) is 150 Å². The van der Waals surface area contributed by atoms with Gasteiger partial charge < -0.3 is 10.1 Å². The van der Waals surface area contributed by atoms with E-state index in [1.165, 1.54) is 57.8 Å². The third-order valence-electron chi connectivity index (χ3n) is 13.2. The summed E-state index contributed by atoms with van der Waals surface area (Å²) in [7, 11) is 0. The van der Waals surface area contributed by atoms with Gasteiger partial charge in [0.25, 0.3) is 0 Å². The highest BCUT2D eigenvalue weighted by Crippen LogP contribution is 2.67. The number of allylic oxidation sites excluding steroid dienone is 1.